The number of rotatable bonds is 4. The van der Waals surface area contributed by atoms with Crippen LogP contribution in [0.3, 0.4) is 0 Å². The van der Waals surface area contributed by atoms with E-state index >= 15 is 0 Å². The van der Waals surface area contributed by atoms with Gasteiger partial charge in [-0.3, -0.25) is 0 Å². The Morgan fingerprint density at radius 1 is 1.16 bits per heavy atom. The molecule has 0 bridgehead atoms. The molecule has 0 radical (unpaired) electrons. The third kappa shape index (κ3) is 3.96. The van der Waals surface area contributed by atoms with Crippen molar-refractivity contribution in [2.75, 3.05) is 51.4 Å². The van der Waals surface area contributed by atoms with Gasteiger partial charge in [0.25, 0.3) is 0 Å². The molecule has 5 heterocycles. The lowest BCUT2D eigenvalue weighted by molar-refractivity contribution is 0.0988. The minimum Gasteiger partial charge on any atom is -0.481 e. The summed E-state index contributed by atoms with van der Waals surface area (Å²) in [5.74, 6) is 2.05. The van der Waals surface area contributed by atoms with Gasteiger partial charge >= 0.3 is 6.09 Å². The van der Waals surface area contributed by atoms with E-state index in [4.69, 9.17) is 19.2 Å². The summed E-state index contributed by atoms with van der Waals surface area (Å²) in [5, 5.41) is 4.42. The molecule has 3 aromatic heterocycles. The Kier molecular flexibility index (Phi) is 5.59. The lowest BCUT2D eigenvalue weighted by Gasteiger charge is -2.35. The topological polar surface area (TPSA) is 94.3 Å². The van der Waals surface area contributed by atoms with Crippen LogP contribution in [0.15, 0.2) is 48.6 Å². The largest absolute Gasteiger partial charge is 0.481 e. The first kappa shape index (κ1) is 20.3. The number of amides is 1. The van der Waals surface area contributed by atoms with Gasteiger partial charge in [-0.1, -0.05) is 0 Å². The maximum absolute atomic E-state index is 12.5. The van der Waals surface area contributed by atoms with Crippen molar-refractivity contribution in [2.24, 2.45) is 0 Å². The van der Waals surface area contributed by atoms with Crippen molar-refractivity contribution < 1.29 is 19.0 Å². The second-order valence-corrected chi connectivity index (χ2v) is 7.51. The molecule has 32 heavy (non-hydrogen) atoms. The molecule has 0 aromatic carbocycles. The van der Waals surface area contributed by atoms with Crippen LogP contribution in [-0.2, 0) is 9.47 Å². The highest BCUT2D eigenvalue weighted by atomic mass is 16.6. The van der Waals surface area contributed by atoms with Gasteiger partial charge in [0.1, 0.15) is 11.6 Å². The van der Waals surface area contributed by atoms with E-state index in [-0.39, 0.29) is 6.09 Å². The zero-order chi connectivity index (χ0) is 21.9. The number of fused-ring (bicyclic) bond motifs is 1. The first-order valence-corrected chi connectivity index (χ1v) is 10.5. The summed E-state index contributed by atoms with van der Waals surface area (Å²) in [5.41, 5.74) is 2.41. The SMILES string of the molecule is COc1ncccc1-c1cnn2ccc(N3CCN(C(=O)OC4=CCOCC4)CC3)nc12. The summed E-state index contributed by atoms with van der Waals surface area (Å²) in [7, 11) is 1.60. The molecule has 2 aliphatic rings. The number of hydrogen-bond acceptors (Lipinski definition) is 8. The van der Waals surface area contributed by atoms with Crippen LogP contribution in [0.25, 0.3) is 16.8 Å². The van der Waals surface area contributed by atoms with Gasteiger partial charge in [-0.15, -0.1) is 0 Å². The number of anilines is 1. The van der Waals surface area contributed by atoms with E-state index in [1.165, 1.54) is 0 Å². The molecular formula is C22H24N6O4. The number of pyridine rings is 1. The second kappa shape index (κ2) is 8.83. The molecule has 2 aliphatic heterocycles. The van der Waals surface area contributed by atoms with Crippen LogP contribution in [0, 0.1) is 0 Å². The van der Waals surface area contributed by atoms with Crippen molar-refractivity contribution in [2.45, 2.75) is 6.42 Å². The molecule has 0 atom stereocenters. The number of aromatic nitrogens is 4. The lowest BCUT2D eigenvalue weighted by Crippen LogP contribution is -2.49. The van der Waals surface area contributed by atoms with Gasteiger partial charge < -0.3 is 24.0 Å². The van der Waals surface area contributed by atoms with Crippen molar-refractivity contribution >= 4 is 17.6 Å². The zero-order valence-corrected chi connectivity index (χ0v) is 17.8. The summed E-state index contributed by atoms with van der Waals surface area (Å²) in [6.45, 7) is 3.55. The average Bonchev–Trinajstić information content (AvgIpc) is 3.28. The molecule has 166 valence electrons. The Morgan fingerprint density at radius 2 is 2.03 bits per heavy atom. The van der Waals surface area contributed by atoms with Crippen LogP contribution in [0.5, 0.6) is 5.88 Å². The number of nitrogens with zero attached hydrogens (tertiary/aromatic N) is 6. The third-order valence-electron chi connectivity index (χ3n) is 5.61. The molecule has 0 N–H and O–H groups in total. The monoisotopic (exact) mass is 436 g/mol. The van der Waals surface area contributed by atoms with E-state index in [2.05, 4.69) is 15.0 Å². The van der Waals surface area contributed by atoms with E-state index in [0.29, 0.717) is 57.5 Å². The van der Waals surface area contributed by atoms with E-state index in [1.54, 1.807) is 28.9 Å². The molecule has 10 heteroatoms. The van der Waals surface area contributed by atoms with Gasteiger partial charge in [0, 0.05) is 50.6 Å². The van der Waals surface area contributed by atoms with Gasteiger partial charge in [0.15, 0.2) is 5.65 Å². The zero-order valence-electron chi connectivity index (χ0n) is 17.8. The fourth-order valence-corrected chi connectivity index (χ4v) is 3.88. The molecule has 1 amide bonds. The maximum atomic E-state index is 12.5. The Balaban J connectivity index is 1.31. The molecule has 0 unspecified atom stereocenters. The van der Waals surface area contributed by atoms with Crippen molar-refractivity contribution in [3.8, 4) is 17.0 Å². The highest BCUT2D eigenvalue weighted by Crippen LogP contribution is 2.31. The summed E-state index contributed by atoms with van der Waals surface area (Å²) in [6, 6.07) is 5.74. The van der Waals surface area contributed by atoms with Crippen LogP contribution in [0.4, 0.5) is 10.6 Å². The summed E-state index contributed by atoms with van der Waals surface area (Å²) < 4.78 is 17.9. The Hall–Kier alpha value is -3.66. The van der Waals surface area contributed by atoms with Gasteiger partial charge in [-0.2, -0.15) is 5.10 Å². The standard InChI is InChI=1S/C22H24N6O4/c1-30-21-17(3-2-7-23-21)18-15-24-28-8-4-19(25-20(18)28)26-9-11-27(12-10-26)22(29)32-16-5-13-31-14-6-16/h2-5,7-8,15H,6,9-14H2,1H3. The van der Waals surface area contributed by atoms with E-state index in [9.17, 15) is 4.79 Å². The number of hydrogen-bond donors (Lipinski definition) is 0. The lowest BCUT2D eigenvalue weighted by atomic mass is 10.1. The molecule has 0 spiro atoms. The molecule has 0 aliphatic carbocycles. The number of carbonyl (C=O) groups excluding carboxylic acids is 1. The minimum absolute atomic E-state index is 0.303. The van der Waals surface area contributed by atoms with Crippen LogP contribution in [0.1, 0.15) is 6.42 Å². The molecule has 5 rings (SSSR count). The average molecular weight is 436 g/mol. The Labute approximate surface area is 185 Å². The molecule has 1 fully saturated rings. The van der Waals surface area contributed by atoms with Crippen LogP contribution < -0.4 is 9.64 Å². The highest BCUT2D eigenvalue weighted by molar-refractivity contribution is 5.80. The Bertz CT molecular complexity index is 1150. The summed E-state index contributed by atoms with van der Waals surface area (Å²) in [4.78, 5) is 25.5. The van der Waals surface area contributed by atoms with E-state index in [1.807, 2.05) is 30.5 Å². The van der Waals surface area contributed by atoms with Crippen molar-refractivity contribution in [1.29, 1.82) is 0 Å². The first-order chi connectivity index (χ1) is 15.7. The van der Waals surface area contributed by atoms with Gasteiger partial charge in [0.2, 0.25) is 5.88 Å². The van der Waals surface area contributed by atoms with Crippen molar-refractivity contribution in [3.05, 3.63) is 48.6 Å². The fourth-order valence-electron chi connectivity index (χ4n) is 3.88. The van der Waals surface area contributed by atoms with Crippen molar-refractivity contribution in [3.63, 3.8) is 0 Å². The van der Waals surface area contributed by atoms with E-state index in [0.717, 1.165) is 22.6 Å². The molecule has 0 saturated carbocycles. The quantitative estimate of drug-likeness (QED) is 0.615. The highest BCUT2D eigenvalue weighted by Gasteiger charge is 2.25. The fraction of sp³-hybridized carbons (Fsp3) is 0.364. The van der Waals surface area contributed by atoms with Gasteiger partial charge in [-0.05, 0) is 24.3 Å². The van der Waals surface area contributed by atoms with E-state index < -0.39 is 0 Å². The van der Waals surface area contributed by atoms with Crippen LogP contribution in [-0.4, -0.2) is 77.1 Å². The molecule has 1 saturated heterocycles. The van der Waals surface area contributed by atoms with Crippen LogP contribution >= 0.6 is 0 Å². The summed E-state index contributed by atoms with van der Waals surface area (Å²) in [6.07, 6.45) is 7.49. The third-order valence-corrected chi connectivity index (χ3v) is 5.61. The number of piperazine rings is 1. The van der Waals surface area contributed by atoms with Crippen LogP contribution in [0.2, 0.25) is 0 Å². The predicted octanol–water partition coefficient (Wildman–Crippen LogP) is 2.36. The molecule has 3 aromatic rings. The number of carbonyl (C=O) groups is 1. The first-order valence-electron chi connectivity index (χ1n) is 10.5. The molecule has 10 nitrogen and oxygen atoms in total. The van der Waals surface area contributed by atoms with Crippen molar-refractivity contribution in [1.82, 2.24) is 24.5 Å². The smallest absolute Gasteiger partial charge is 0.415 e. The molecular weight excluding hydrogens is 412 g/mol. The summed E-state index contributed by atoms with van der Waals surface area (Å²) >= 11 is 0. The van der Waals surface area contributed by atoms with Gasteiger partial charge in [0.05, 0.1) is 32.1 Å². The predicted molar refractivity (Wildman–Crippen MR) is 117 cm³/mol. The normalized spacial score (nSPS) is 16.7. The Morgan fingerprint density at radius 3 is 2.81 bits per heavy atom. The van der Waals surface area contributed by atoms with Gasteiger partial charge in [-0.25, -0.2) is 19.3 Å². The maximum Gasteiger partial charge on any atom is 0.415 e. The minimum atomic E-state index is -0.303. The number of ether oxygens (including phenoxy) is 3. The second-order valence-electron chi connectivity index (χ2n) is 7.51. The number of methoxy groups -OCH3 is 1.